The van der Waals surface area contributed by atoms with E-state index in [1.165, 1.54) is 25.3 Å². The predicted molar refractivity (Wildman–Crippen MR) is 134 cm³/mol. The second-order valence-electron chi connectivity index (χ2n) is 7.98. The maximum atomic E-state index is 13.3. The second kappa shape index (κ2) is 9.12. The fraction of sp³-hybridized carbons (Fsp3) is 0.0741. The van der Waals surface area contributed by atoms with Crippen LogP contribution in [0.3, 0.4) is 0 Å². The van der Waals surface area contributed by atoms with Crippen LogP contribution in [-0.2, 0) is 16.1 Å². The van der Waals surface area contributed by atoms with Crippen molar-refractivity contribution in [2.45, 2.75) is 6.54 Å². The number of hydrogen-bond acceptors (Lipinski definition) is 4. The number of urea groups is 1. The summed E-state index contributed by atoms with van der Waals surface area (Å²) in [6, 6.07) is 21.5. The Labute approximate surface area is 206 Å². The number of anilines is 1. The van der Waals surface area contributed by atoms with Gasteiger partial charge in [0.25, 0.3) is 11.8 Å². The van der Waals surface area contributed by atoms with Gasteiger partial charge in [0.1, 0.15) is 11.3 Å². The highest BCUT2D eigenvalue weighted by Gasteiger charge is 2.37. The van der Waals surface area contributed by atoms with Crippen LogP contribution in [0.1, 0.15) is 11.3 Å². The van der Waals surface area contributed by atoms with E-state index >= 15 is 0 Å². The van der Waals surface area contributed by atoms with Crippen LogP contribution < -0.4 is 15.0 Å². The van der Waals surface area contributed by atoms with Crippen LogP contribution in [0.2, 0.25) is 5.02 Å². The number of nitrogens with one attached hydrogen (secondary N) is 1. The van der Waals surface area contributed by atoms with E-state index in [1.54, 1.807) is 6.07 Å². The Kier molecular flexibility index (Phi) is 5.84. The summed E-state index contributed by atoms with van der Waals surface area (Å²) in [5, 5.41) is 4.73. The van der Waals surface area contributed by atoms with Crippen molar-refractivity contribution in [3.05, 3.63) is 101 Å². The Morgan fingerprint density at radius 3 is 2.57 bits per heavy atom. The lowest BCUT2D eigenvalue weighted by molar-refractivity contribution is -0.122. The summed E-state index contributed by atoms with van der Waals surface area (Å²) in [6.45, 7) is 0.542. The number of halogens is 1. The van der Waals surface area contributed by atoms with Gasteiger partial charge >= 0.3 is 6.03 Å². The Morgan fingerprint density at radius 1 is 0.971 bits per heavy atom. The number of amides is 4. The molecule has 1 saturated heterocycles. The van der Waals surface area contributed by atoms with Gasteiger partial charge in [-0.25, -0.2) is 9.69 Å². The number of hydrogen-bond donors (Lipinski definition) is 1. The summed E-state index contributed by atoms with van der Waals surface area (Å²) in [5.41, 5.74) is 1.82. The number of imide groups is 2. The molecule has 0 aliphatic carbocycles. The molecule has 0 atom stereocenters. The highest BCUT2D eigenvalue weighted by Crippen LogP contribution is 2.31. The molecule has 7 nitrogen and oxygen atoms in total. The number of barbiturate groups is 1. The van der Waals surface area contributed by atoms with E-state index in [-0.39, 0.29) is 16.3 Å². The van der Waals surface area contributed by atoms with Gasteiger partial charge in [-0.05, 0) is 52.7 Å². The molecule has 1 aliphatic rings. The Morgan fingerprint density at radius 2 is 1.77 bits per heavy atom. The quantitative estimate of drug-likeness (QED) is 0.318. The van der Waals surface area contributed by atoms with E-state index in [0.29, 0.717) is 18.0 Å². The number of carbonyl (C=O) groups excluding carboxylic acids is 3. The Hall–Kier alpha value is -4.36. The molecule has 1 aliphatic heterocycles. The monoisotopic (exact) mass is 485 g/mol. The highest BCUT2D eigenvalue weighted by molar-refractivity contribution is 6.39. The fourth-order valence-corrected chi connectivity index (χ4v) is 4.40. The fourth-order valence-electron chi connectivity index (χ4n) is 4.15. The SMILES string of the molecule is COc1ccc(N2C(=O)NC(=O)C(=Cc3cccn3Cc3cccc4ccccc34)C2=O)cc1Cl. The molecule has 0 radical (unpaired) electrons. The molecule has 1 N–H and O–H groups in total. The molecule has 174 valence electrons. The van der Waals surface area contributed by atoms with Crippen LogP contribution in [-0.4, -0.2) is 29.5 Å². The highest BCUT2D eigenvalue weighted by atomic mass is 35.5. The molecule has 35 heavy (non-hydrogen) atoms. The number of fused-ring (bicyclic) bond motifs is 1. The Balaban J connectivity index is 1.49. The molecule has 0 saturated carbocycles. The molecule has 1 fully saturated rings. The van der Waals surface area contributed by atoms with Crippen molar-refractivity contribution < 1.29 is 19.1 Å². The number of rotatable bonds is 5. The summed E-state index contributed by atoms with van der Waals surface area (Å²) in [7, 11) is 1.46. The van der Waals surface area contributed by atoms with E-state index in [2.05, 4.69) is 23.5 Å². The molecular weight excluding hydrogens is 466 g/mol. The molecule has 3 aromatic carbocycles. The molecule has 0 unspecified atom stereocenters. The number of ether oxygens (including phenoxy) is 1. The molecule has 0 spiro atoms. The maximum absolute atomic E-state index is 13.3. The first-order valence-electron chi connectivity index (χ1n) is 10.8. The van der Waals surface area contributed by atoms with Crippen molar-refractivity contribution in [2.24, 2.45) is 0 Å². The van der Waals surface area contributed by atoms with Gasteiger partial charge in [-0.2, -0.15) is 0 Å². The molecular formula is C27H20ClN3O4. The standard InChI is InChI=1S/C27H20ClN3O4/c1-35-24-12-11-20(15-23(24)28)31-26(33)22(25(32)29-27(31)34)14-19-9-5-13-30(19)16-18-8-4-7-17-6-2-3-10-21(17)18/h2-15H,16H2,1H3,(H,29,32,34). The number of methoxy groups -OCH3 is 1. The van der Waals surface area contributed by atoms with Crippen molar-refractivity contribution in [2.75, 3.05) is 12.0 Å². The third kappa shape index (κ3) is 4.18. The van der Waals surface area contributed by atoms with Crippen LogP contribution in [0.25, 0.3) is 16.8 Å². The van der Waals surface area contributed by atoms with Crippen LogP contribution in [0, 0.1) is 0 Å². The summed E-state index contributed by atoms with van der Waals surface area (Å²) in [4.78, 5) is 39.3. The summed E-state index contributed by atoms with van der Waals surface area (Å²) >= 11 is 6.18. The summed E-state index contributed by atoms with van der Waals surface area (Å²) < 4.78 is 7.08. The third-order valence-electron chi connectivity index (χ3n) is 5.87. The Bertz CT molecular complexity index is 1520. The maximum Gasteiger partial charge on any atom is 0.335 e. The predicted octanol–water partition coefficient (Wildman–Crippen LogP) is 5.02. The second-order valence-corrected chi connectivity index (χ2v) is 8.38. The van der Waals surface area contributed by atoms with Gasteiger partial charge in [-0.15, -0.1) is 0 Å². The molecule has 2 heterocycles. The number of aromatic nitrogens is 1. The molecule has 4 amide bonds. The van der Waals surface area contributed by atoms with Crippen molar-refractivity contribution in [1.82, 2.24) is 9.88 Å². The van der Waals surface area contributed by atoms with Gasteiger partial charge < -0.3 is 9.30 Å². The van der Waals surface area contributed by atoms with Crippen molar-refractivity contribution in [1.29, 1.82) is 0 Å². The minimum Gasteiger partial charge on any atom is -0.495 e. The van der Waals surface area contributed by atoms with E-state index in [9.17, 15) is 14.4 Å². The molecule has 0 bridgehead atoms. The van der Waals surface area contributed by atoms with Crippen LogP contribution in [0.5, 0.6) is 5.75 Å². The first kappa shape index (κ1) is 22.4. The van der Waals surface area contributed by atoms with Crippen LogP contribution in [0.4, 0.5) is 10.5 Å². The average Bonchev–Trinajstić information content (AvgIpc) is 3.28. The van der Waals surface area contributed by atoms with Gasteiger partial charge in [0.2, 0.25) is 0 Å². The number of carbonyl (C=O) groups is 3. The van der Waals surface area contributed by atoms with Gasteiger partial charge in [0, 0.05) is 18.4 Å². The molecule has 8 heteroatoms. The largest absolute Gasteiger partial charge is 0.495 e. The van der Waals surface area contributed by atoms with Gasteiger partial charge in [0.05, 0.1) is 17.8 Å². The lowest BCUT2D eigenvalue weighted by Gasteiger charge is -2.26. The molecule has 5 rings (SSSR count). The summed E-state index contributed by atoms with van der Waals surface area (Å²) in [6.07, 6.45) is 3.37. The molecule has 1 aromatic heterocycles. The number of benzene rings is 3. The van der Waals surface area contributed by atoms with Crippen molar-refractivity contribution in [3.63, 3.8) is 0 Å². The minimum absolute atomic E-state index is 0.158. The normalized spacial score (nSPS) is 15.1. The van der Waals surface area contributed by atoms with E-state index in [4.69, 9.17) is 16.3 Å². The smallest absolute Gasteiger partial charge is 0.335 e. The van der Waals surface area contributed by atoms with Crippen LogP contribution in [0.15, 0.2) is 84.6 Å². The number of nitrogens with zero attached hydrogens (tertiary/aromatic N) is 2. The zero-order valence-corrected chi connectivity index (χ0v) is 19.5. The van der Waals surface area contributed by atoms with Crippen molar-refractivity contribution in [3.8, 4) is 5.75 Å². The molecule has 4 aromatic rings. The van der Waals surface area contributed by atoms with E-state index in [1.807, 2.05) is 47.2 Å². The van der Waals surface area contributed by atoms with Gasteiger partial charge in [0.15, 0.2) is 0 Å². The zero-order valence-electron chi connectivity index (χ0n) is 18.7. The first-order valence-corrected chi connectivity index (χ1v) is 11.2. The van der Waals surface area contributed by atoms with Crippen LogP contribution >= 0.6 is 11.6 Å². The third-order valence-corrected chi connectivity index (χ3v) is 6.17. The van der Waals surface area contributed by atoms with E-state index in [0.717, 1.165) is 21.2 Å². The van der Waals surface area contributed by atoms with Gasteiger partial charge in [-0.3, -0.25) is 14.9 Å². The van der Waals surface area contributed by atoms with Gasteiger partial charge in [-0.1, -0.05) is 54.1 Å². The minimum atomic E-state index is -0.843. The lowest BCUT2D eigenvalue weighted by atomic mass is 10.0. The lowest BCUT2D eigenvalue weighted by Crippen LogP contribution is -2.54. The first-order chi connectivity index (χ1) is 17.0. The average molecular weight is 486 g/mol. The van der Waals surface area contributed by atoms with E-state index < -0.39 is 17.8 Å². The summed E-state index contributed by atoms with van der Waals surface area (Å²) in [5.74, 6) is -1.09. The van der Waals surface area contributed by atoms with Crippen molar-refractivity contribution >= 4 is 52.0 Å². The zero-order chi connectivity index (χ0) is 24.5. The topological polar surface area (TPSA) is 80.6 Å².